The Morgan fingerprint density at radius 2 is 1.94 bits per heavy atom. The highest BCUT2D eigenvalue weighted by Crippen LogP contribution is 2.18. The van der Waals surface area contributed by atoms with Gasteiger partial charge in [0, 0.05) is 6.54 Å². The van der Waals surface area contributed by atoms with Crippen LogP contribution in [0.1, 0.15) is 19.8 Å². The lowest BCUT2D eigenvalue weighted by atomic mass is 10.2. The highest BCUT2D eigenvalue weighted by Gasteiger charge is 2.32. The number of sulfone groups is 1. The summed E-state index contributed by atoms with van der Waals surface area (Å²) >= 11 is 0. The zero-order chi connectivity index (χ0) is 13.1. The SMILES string of the molecule is CC(C#N)CNS(=O)(=O)C1CCS(=O)(=O)CC1. The zero-order valence-electron chi connectivity index (χ0n) is 9.59. The first-order valence-corrected chi connectivity index (χ1v) is 8.72. The summed E-state index contributed by atoms with van der Waals surface area (Å²) in [5.74, 6) is -0.546. The van der Waals surface area contributed by atoms with Crippen molar-refractivity contribution in [2.75, 3.05) is 18.1 Å². The summed E-state index contributed by atoms with van der Waals surface area (Å²) in [5, 5.41) is 7.89. The largest absolute Gasteiger partial charge is 0.229 e. The van der Waals surface area contributed by atoms with Crippen molar-refractivity contribution in [1.82, 2.24) is 4.72 Å². The fraction of sp³-hybridized carbons (Fsp3) is 0.889. The summed E-state index contributed by atoms with van der Waals surface area (Å²) in [5.41, 5.74) is 0. The summed E-state index contributed by atoms with van der Waals surface area (Å²) < 4.78 is 48.3. The van der Waals surface area contributed by atoms with Gasteiger partial charge < -0.3 is 0 Å². The van der Waals surface area contributed by atoms with Gasteiger partial charge in [-0.3, -0.25) is 0 Å². The Morgan fingerprint density at radius 1 is 1.41 bits per heavy atom. The van der Waals surface area contributed by atoms with Crippen LogP contribution in [0.4, 0.5) is 0 Å². The fourth-order valence-electron chi connectivity index (χ4n) is 1.58. The Hall–Kier alpha value is -0.650. The topological polar surface area (TPSA) is 104 Å². The number of sulfonamides is 1. The molecule has 1 aliphatic heterocycles. The summed E-state index contributed by atoms with van der Waals surface area (Å²) in [7, 11) is -6.56. The molecule has 1 fully saturated rings. The van der Waals surface area contributed by atoms with Crippen LogP contribution in [-0.4, -0.2) is 40.1 Å². The molecular weight excluding hydrogens is 264 g/mol. The minimum atomic E-state index is -3.50. The van der Waals surface area contributed by atoms with Gasteiger partial charge in [0.25, 0.3) is 0 Å². The molecule has 0 aliphatic carbocycles. The molecule has 8 heteroatoms. The lowest BCUT2D eigenvalue weighted by Crippen LogP contribution is -2.41. The smallest absolute Gasteiger partial charge is 0.214 e. The molecule has 0 aromatic heterocycles. The summed E-state index contributed by atoms with van der Waals surface area (Å²) in [4.78, 5) is 0. The highest BCUT2D eigenvalue weighted by atomic mass is 32.2. The van der Waals surface area contributed by atoms with E-state index in [-0.39, 0.29) is 30.9 Å². The van der Waals surface area contributed by atoms with Crippen LogP contribution in [0.3, 0.4) is 0 Å². The molecule has 1 saturated heterocycles. The van der Waals surface area contributed by atoms with Crippen LogP contribution in [0.25, 0.3) is 0 Å². The van der Waals surface area contributed by atoms with Crippen molar-refractivity contribution in [3.8, 4) is 6.07 Å². The maximum absolute atomic E-state index is 11.8. The number of nitriles is 1. The van der Waals surface area contributed by atoms with Crippen molar-refractivity contribution >= 4 is 19.9 Å². The van der Waals surface area contributed by atoms with E-state index in [1.54, 1.807) is 6.92 Å². The highest BCUT2D eigenvalue weighted by molar-refractivity contribution is 7.92. The van der Waals surface area contributed by atoms with Crippen LogP contribution in [-0.2, 0) is 19.9 Å². The lowest BCUT2D eigenvalue weighted by Gasteiger charge is -2.22. The van der Waals surface area contributed by atoms with Gasteiger partial charge in [0.15, 0.2) is 0 Å². The van der Waals surface area contributed by atoms with E-state index < -0.39 is 31.0 Å². The van der Waals surface area contributed by atoms with E-state index in [0.29, 0.717) is 0 Å². The Bertz CT molecular complexity index is 490. The molecule has 0 spiro atoms. The monoisotopic (exact) mass is 280 g/mol. The molecule has 98 valence electrons. The van der Waals surface area contributed by atoms with Crippen molar-refractivity contribution in [2.45, 2.75) is 25.0 Å². The van der Waals surface area contributed by atoms with E-state index in [2.05, 4.69) is 4.72 Å². The standard InChI is InChI=1S/C9H16N2O4S2/c1-8(6-10)7-11-17(14,15)9-2-4-16(12,13)5-3-9/h8-9,11H,2-5,7H2,1H3. The van der Waals surface area contributed by atoms with Crippen molar-refractivity contribution in [2.24, 2.45) is 5.92 Å². The Balaban J connectivity index is 2.58. The molecule has 1 unspecified atom stereocenters. The average molecular weight is 280 g/mol. The van der Waals surface area contributed by atoms with Crippen LogP contribution >= 0.6 is 0 Å². The molecule has 17 heavy (non-hydrogen) atoms. The third kappa shape index (κ3) is 4.26. The van der Waals surface area contributed by atoms with Crippen LogP contribution in [0, 0.1) is 17.2 Å². The molecule has 1 rings (SSSR count). The molecule has 0 amide bonds. The van der Waals surface area contributed by atoms with E-state index in [1.807, 2.05) is 6.07 Å². The van der Waals surface area contributed by atoms with Crippen LogP contribution in [0.15, 0.2) is 0 Å². The number of rotatable bonds is 4. The predicted molar refractivity (Wildman–Crippen MR) is 63.4 cm³/mol. The van der Waals surface area contributed by atoms with Gasteiger partial charge in [0.2, 0.25) is 10.0 Å². The summed E-state index contributed by atoms with van der Waals surface area (Å²) in [6.45, 7) is 1.69. The molecule has 1 aliphatic rings. The van der Waals surface area contributed by atoms with E-state index in [0.717, 1.165) is 0 Å². The van der Waals surface area contributed by atoms with Gasteiger partial charge in [-0.25, -0.2) is 21.6 Å². The first-order valence-electron chi connectivity index (χ1n) is 5.35. The van der Waals surface area contributed by atoms with Crippen molar-refractivity contribution in [3.05, 3.63) is 0 Å². The minimum absolute atomic E-state index is 0.0715. The van der Waals surface area contributed by atoms with E-state index >= 15 is 0 Å². The van der Waals surface area contributed by atoms with Gasteiger partial charge >= 0.3 is 0 Å². The zero-order valence-corrected chi connectivity index (χ0v) is 11.2. The predicted octanol–water partition coefficient (Wildman–Crippen LogP) is -0.357. The van der Waals surface area contributed by atoms with E-state index in [1.165, 1.54) is 0 Å². The van der Waals surface area contributed by atoms with Crippen molar-refractivity contribution < 1.29 is 16.8 Å². The Kier molecular flexibility index (Phi) is 4.52. The number of nitrogens with one attached hydrogen (secondary N) is 1. The second kappa shape index (κ2) is 5.33. The molecule has 1 N–H and O–H groups in total. The molecule has 0 bridgehead atoms. The quantitative estimate of drug-likeness (QED) is 0.757. The van der Waals surface area contributed by atoms with Gasteiger partial charge in [-0.05, 0) is 19.8 Å². The first kappa shape index (κ1) is 14.4. The molecule has 1 heterocycles. The maximum Gasteiger partial charge on any atom is 0.214 e. The lowest BCUT2D eigenvalue weighted by molar-refractivity contribution is 0.537. The molecule has 0 saturated carbocycles. The van der Waals surface area contributed by atoms with Crippen LogP contribution in [0.5, 0.6) is 0 Å². The average Bonchev–Trinajstić information content (AvgIpc) is 2.25. The fourth-order valence-corrected chi connectivity index (χ4v) is 4.95. The molecule has 0 aromatic carbocycles. The number of hydrogen-bond donors (Lipinski definition) is 1. The van der Waals surface area contributed by atoms with Crippen molar-refractivity contribution in [3.63, 3.8) is 0 Å². The minimum Gasteiger partial charge on any atom is -0.229 e. The normalized spacial score (nSPS) is 22.8. The molecule has 6 nitrogen and oxygen atoms in total. The van der Waals surface area contributed by atoms with Gasteiger partial charge in [-0.15, -0.1) is 0 Å². The summed E-state index contributed by atoms with van der Waals surface area (Å²) in [6.07, 6.45) is 0.275. The van der Waals surface area contributed by atoms with Gasteiger partial charge in [-0.1, -0.05) is 0 Å². The molecule has 1 atom stereocenters. The third-order valence-electron chi connectivity index (χ3n) is 2.75. The van der Waals surface area contributed by atoms with E-state index in [9.17, 15) is 16.8 Å². The number of hydrogen-bond acceptors (Lipinski definition) is 5. The molecular formula is C9H16N2O4S2. The van der Waals surface area contributed by atoms with Gasteiger partial charge in [-0.2, -0.15) is 5.26 Å². The van der Waals surface area contributed by atoms with Crippen LogP contribution in [0.2, 0.25) is 0 Å². The van der Waals surface area contributed by atoms with E-state index in [4.69, 9.17) is 5.26 Å². The van der Waals surface area contributed by atoms with Gasteiger partial charge in [0.05, 0.1) is 28.7 Å². The maximum atomic E-state index is 11.8. The van der Waals surface area contributed by atoms with Crippen molar-refractivity contribution in [1.29, 1.82) is 5.26 Å². The Labute approximate surface area is 102 Å². The number of nitrogens with zero attached hydrogens (tertiary/aromatic N) is 1. The third-order valence-corrected chi connectivity index (χ3v) is 6.39. The molecule has 0 aromatic rings. The summed E-state index contributed by atoms with van der Waals surface area (Å²) in [6, 6.07) is 1.93. The van der Waals surface area contributed by atoms with Gasteiger partial charge in [0.1, 0.15) is 9.84 Å². The Morgan fingerprint density at radius 3 is 2.41 bits per heavy atom. The first-order chi connectivity index (χ1) is 7.77. The molecule has 0 radical (unpaired) electrons. The second-order valence-corrected chi connectivity index (χ2v) is 8.62. The van der Waals surface area contributed by atoms with Crippen LogP contribution < -0.4 is 4.72 Å². The second-order valence-electron chi connectivity index (χ2n) is 4.27.